The predicted octanol–water partition coefficient (Wildman–Crippen LogP) is 3.85. The Balaban J connectivity index is 1.90. The third-order valence-corrected chi connectivity index (χ3v) is 4.01. The Labute approximate surface area is 122 Å². The summed E-state index contributed by atoms with van der Waals surface area (Å²) < 4.78 is 0. The number of carbonyl (C=O) groups is 1. The van der Waals surface area contributed by atoms with Gasteiger partial charge in [0.05, 0.1) is 0 Å². The molecule has 2 rings (SSSR count). The Kier molecular flexibility index (Phi) is 6.06. The number of para-hydroxylation sites is 1. The number of hydrogen-bond donors (Lipinski definition) is 2. The van der Waals surface area contributed by atoms with Crippen LogP contribution >= 0.6 is 0 Å². The molecule has 3 heteroatoms. The minimum atomic E-state index is -0.0107. The van der Waals surface area contributed by atoms with Crippen molar-refractivity contribution in [1.82, 2.24) is 5.32 Å². The van der Waals surface area contributed by atoms with Crippen molar-refractivity contribution in [2.24, 2.45) is 0 Å². The third-order valence-electron chi connectivity index (χ3n) is 4.01. The van der Waals surface area contributed by atoms with Gasteiger partial charge in [0, 0.05) is 25.2 Å². The first-order valence-corrected chi connectivity index (χ1v) is 7.84. The van der Waals surface area contributed by atoms with E-state index in [-0.39, 0.29) is 5.91 Å². The highest BCUT2D eigenvalue weighted by molar-refractivity contribution is 5.89. The molecule has 0 saturated heterocycles. The zero-order chi connectivity index (χ0) is 14.2. The summed E-state index contributed by atoms with van der Waals surface area (Å²) in [7, 11) is 0. The fraction of sp³-hybridized carbons (Fsp3) is 0.588. The van der Waals surface area contributed by atoms with Gasteiger partial charge in [0.2, 0.25) is 5.91 Å². The molecule has 0 radical (unpaired) electrons. The van der Waals surface area contributed by atoms with E-state index in [1.165, 1.54) is 50.5 Å². The molecular formula is C17H26N2O. The average Bonchev–Trinajstić information content (AvgIpc) is 2.38. The first-order valence-electron chi connectivity index (χ1n) is 7.84. The van der Waals surface area contributed by atoms with Crippen molar-refractivity contribution in [3.05, 3.63) is 29.8 Å². The van der Waals surface area contributed by atoms with E-state index in [0.29, 0.717) is 6.04 Å². The summed E-state index contributed by atoms with van der Waals surface area (Å²) in [6, 6.07) is 8.67. The summed E-state index contributed by atoms with van der Waals surface area (Å²) in [5.41, 5.74) is 2.10. The van der Waals surface area contributed by atoms with E-state index in [1.54, 1.807) is 6.92 Å². The van der Waals surface area contributed by atoms with Gasteiger partial charge in [0.25, 0.3) is 0 Å². The number of nitrogens with one attached hydrogen (secondary N) is 2. The second-order valence-electron chi connectivity index (χ2n) is 5.76. The molecule has 1 saturated carbocycles. The lowest BCUT2D eigenvalue weighted by atomic mass is 9.96. The SMILES string of the molecule is CC(=O)Nc1ccccc1CNC1CCCCCCC1. The summed E-state index contributed by atoms with van der Waals surface area (Å²) in [5.74, 6) is -0.0107. The first-order chi connectivity index (χ1) is 9.75. The van der Waals surface area contributed by atoms with Crippen LogP contribution in [-0.2, 0) is 11.3 Å². The van der Waals surface area contributed by atoms with E-state index in [9.17, 15) is 4.79 Å². The molecule has 0 unspecified atom stereocenters. The number of rotatable bonds is 4. The molecule has 3 nitrogen and oxygen atoms in total. The van der Waals surface area contributed by atoms with Crippen LogP contribution in [0.25, 0.3) is 0 Å². The van der Waals surface area contributed by atoms with E-state index < -0.39 is 0 Å². The number of amides is 1. The van der Waals surface area contributed by atoms with Gasteiger partial charge in [0.1, 0.15) is 0 Å². The Hall–Kier alpha value is -1.35. The van der Waals surface area contributed by atoms with Crippen LogP contribution in [0.4, 0.5) is 5.69 Å². The minimum absolute atomic E-state index is 0.0107. The van der Waals surface area contributed by atoms with Crippen molar-refractivity contribution in [3.63, 3.8) is 0 Å². The molecule has 1 aromatic rings. The largest absolute Gasteiger partial charge is 0.326 e. The van der Waals surface area contributed by atoms with Crippen LogP contribution in [0.1, 0.15) is 57.4 Å². The van der Waals surface area contributed by atoms with Gasteiger partial charge in [-0.1, -0.05) is 50.3 Å². The summed E-state index contributed by atoms with van der Waals surface area (Å²) in [5, 5.41) is 6.57. The van der Waals surface area contributed by atoms with Gasteiger partial charge in [-0.3, -0.25) is 4.79 Å². The molecule has 1 aliphatic carbocycles. The molecular weight excluding hydrogens is 248 g/mol. The summed E-state index contributed by atoms with van der Waals surface area (Å²) in [4.78, 5) is 11.2. The molecule has 1 fully saturated rings. The molecule has 1 aliphatic rings. The van der Waals surface area contributed by atoms with Crippen molar-refractivity contribution in [2.45, 2.75) is 64.5 Å². The summed E-state index contributed by atoms with van der Waals surface area (Å²) >= 11 is 0. The van der Waals surface area contributed by atoms with Crippen LogP contribution in [0.2, 0.25) is 0 Å². The van der Waals surface area contributed by atoms with E-state index in [2.05, 4.69) is 16.7 Å². The van der Waals surface area contributed by atoms with Crippen LogP contribution in [0.5, 0.6) is 0 Å². The van der Waals surface area contributed by atoms with Gasteiger partial charge in [-0.25, -0.2) is 0 Å². The molecule has 0 spiro atoms. The highest BCUT2D eigenvalue weighted by atomic mass is 16.1. The van der Waals surface area contributed by atoms with E-state index >= 15 is 0 Å². The fourth-order valence-electron chi connectivity index (χ4n) is 2.90. The smallest absolute Gasteiger partial charge is 0.221 e. The molecule has 0 aromatic heterocycles. The van der Waals surface area contributed by atoms with Crippen LogP contribution < -0.4 is 10.6 Å². The Morgan fingerprint density at radius 1 is 1.10 bits per heavy atom. The predicted molar refractivity (Wildman–Crippen MR) is 83.7 cm³/mol. The number of carbonyl (C=O) groups excluding carboxylic acids is 1. The van der Waals surface area contributed by atoms with Crippen molar-refractivity contribution >= 4 is 11.6 Å². The minimum Gasteiger partial charge on any atom is -0.326 e. The normalized spacial score (nSPS) is 17.2. The topological polar surface area (TPSA) is 41.1 Å². The zero-order valence-corrected chi connectivity index (χ0v) is 12.5. The van der Waals surface area contributed by atoms with Crippen LogP contribution in [0.3, 0.4) is 0 Å². The molecule has 20 heavy (non-hydrogen) atoms. The molecule has 110 valence electrons. The molecule has 0 heterocycles. The molecule has 1 amide bonds. The lowest BCUT2D eigenvalue weighted by molar-refractivity contribution is -0.114. The lowest BCUT2D eigenvalue weighted by Gasteiger charge is -2.22. The monoisotopic (exact) mass is 274 g/mol. The lowest BCUT2D eigenvalue weighted by Crippen LogP contribution is -2.29. The van der Waals surface area contributed by atoms with Gasteiger partial charge >= 0.3 is 0 Å². The van der Waals surface area contributed by atoms with E-state index in [0.717, 1.165) is 12.2 Å². The maximum absolute atomic E-state index is 11.2. The number of anilines is 1. The Morgan fingerprint density at radius 3 is 2.45 bits per heavy atom. The maximum atomic E-state index is 11.2. The second kappa shape index (κ2) is 8.05. The molecule has 2 N–H and O–H groups in total. The quantitative estimate of drug-likeness (QED) is 0.875. The number of benzene rings is 1. The molecule has 0 bridgehead atoms. The highest BCUT2D eigenvalue weighted by Gasteiger charge is 2.11. The first kappa shape index (κ1) is 15.0. The average molecular weight is 274 g/mol. The molecule has 0 atom stereocenters. The van der Waals surface area contributed by atoms with Crippen LogP contribution in [0, 0.1) is 0 Å². The van der Waals surface area contributed by atoms with Crippen LogP contribution in [0.15, 0.2) is 24.3 Å². The molecule has 0 aliphatic heterocycles. The molecule has 1 aromatic carbocycles. The van der Waals surface area contributed by atoms with Gasteiger partial charge in [-0.05, 0) is 24.5 Å². The van der Waals surface area contributed by atoms with Crippen molar-refractivity contribution in [1.29, 1.82) is 0 Å². The summed E-state index contributed by atoms with van der Waals surface area (Å²) in [6.45, 7) is 2.39. The van der Waals surface area contributed by atoms with E-state index in [1.807, 2.05) is 18.2 Å². The van der Waals surface area contributed by atoms with Crippen LogP contribution in [-0.4, -0.2) is 11.9 Å². The second-order valence-corrected chi connectivity index (χ2v) is 5.76. The fourth-order valence-corrected chi connectivity index (χ4v) is 2.90. The standard InChI is InChI=1S/C17H26N2O/c1-14(20)19-17-12-8-7-9-15(17)13-18-16-10-5-3-2-4-6-11-16/h7-9,12,16,18H,2-6,10-11,13H2,1H3,(H,19,20). The van der Waals surface area contributed by atoms with Gasteiger partial charge < -0.3 is 10.6 Å². The maximum Gasteiger partial charge on any atom is 0.221 e. The third kappa shape index (κ3) is 4.97. The number of hydrogen-bond acceptors (Lipinski definition) is 2. The van der Waals surface area contributed by atoms with Gasteiger partial charge in [0.15, 0.2) is 0 Å². The summed E-state index contributed by atoms with van der Waals surface area (Å²) in [6.07, 6.45) is 9.39. The Morgan fingerprint density at radius 2 is 1.75 bits per heavy atom. The van der Waals surface area contributed by atoms with Gasteiger partial charge in [-0.15, -0.1) is 0 Å². The van der Waals surface area contributed by atoms with Gasteiger partial charge in [-0.2, -0.15) is 0 Å². The van der Waals surface area contributed by atoms with E-state index in [4.69, 9.17) is 0 Å². The zero-order valence-electron chi connectivity index (χ0n) is 12.5. The Bertz CT molecular complexity index is 423. The van der Waals surface area contributed by atoms with Crippen molar-refractivity contribution < 1.29 is 4.79 Å². The highest BCUT2D eigenvalue weighted by Crippen LogP contribution is 2.19. The van der Waals surface area contributed by atoms with Crippen molar-refractivity contribution in [2.75, 3.05) is 5.32 Å². The van der Waals surface area contributed by atoms with Crippen molar-refractivity contribution in [3.8, 4) is 0 Å².